The first-order valence-electron chi connectivity index (χ1n) is 5.87. The van der Waals surface area contributed by atoms with Crippen LogP contribution < -0.4 is 0 Å². The van der Waals surface area contributed by atoms with Crippen molar-refractivity contribution in [1.82, 2.24) is 9.97 Å². The summed E-state index contributed by atoms with van der Waals surface area (Å²) in [4.78, 5) is 8.92. The lowest BCUT2D eigenvalue weighted by Crippen LogP contribution is -2.04. The monoisotopic (exact) mass is 324 g/mol. The standard InChI is InChI=1S/C14H14BrClN2/c1-3-12-9(2)14(16)18-13(17-12)8-10-6-4-5-7-11(10)15/h4-7H,3,8H2,1-2H3. The second kappa shape index (κ2) is 5.81. The Morgan fingerprint density at radius 1 is 1.22 bits per heavy atom. The average Bonchev–Trinajstić information content (AvgIpc) is 2.36. The molecule has 0 aliphatic heterocycles. The van der Waals surface area contributed by atoms with Crippen molar-refractivity contribution in [3.8, 4) is 0 Å². The fourth-order valence-electron chi connectivity index (χ4n) is 1.82. The Hall–Kier alpha value is -0.930. The molecule has 0 atom stereocenters. The van der Waals surface area contributed by atoms with E-state index in [1.165, 1.54) is 5.56 Å². The van der Waals surface area contributed by atoms with Gasteiger partial charge in [-0.3, -0.25) is 0 Å². The SMILES string of the molecule is CCc1nc(Cc2ccccc2Br)nc(Cl)c1C. The van der Waals surface area contributed by atoms with Crippen molar-refractivity contribution in [3.63, 3.8) is 0 Å². The molecule has 18 heavy (non-hydrogen) atoms. The number of hydrogen-bond donors (Lipinski definition) is 0. The smallest absolute Gasteiger partial charge is 0.135 e. The zero-order valence-corrected chi connectivity index (χ0v) is 12.7. The zero-order chi connectivity index (χ0) is 13.1. The Balaban J connectivity index is 2.36. The quantitative estimate of drug-likeness (QED) is 0.784. The summed E-state index contributed by atoms with van der Waals surface area (Å²) >= 11 is 9.67. The molecule has 1 aromatic heterocycles. The summed E-state index contributed by atoms with van der Waals surface area (Å²) in [5.74, 6) is 0.773. The molecule has 1 aromatic carbocycles. The van der Waals surface area contributed by atoms with Gasteiger partial charge >= 0.3 is 0 Å². The van der Waals surface area contributed by atoms with Gasteiger partial charge in [0.25, 0.3) is 0 Å². The summed E-state index contributed by atoms with van der Waals surface area (Å²) in [6.45, 7) is 4.04. The molecule has 0 spiro atoms. The molecule has 1 heterocycles. The third kappa shape index (κ3) is 2.90. The van der Waals surface area contributed by atoms with Crippen molar-refractivity contribution in [1.29, 1.82) is 0 Å². The minimum Gasteiger partial charge on any atom is -0.237 e. The Morgan fingerprint density at radius 2 is 1.94 bits per heavy atom. The fraction of sp³-hybridized carbons (Fsp3) is 0.286. The number of rotatable bonds is 3. The summed E-state index contributed by atoms with van der Waals surface area (Å²) in [5.41, 5.74) is 3.17. The fourth-order valence-corrected chi connectivity index (χ4v) is 2.45. The van der Waals surface area contributed by atoms with Crippen molar-refractivity contribution in [2.24, 2.45) is 0 Å². The van der Waals surface area contributed by atoms with Crippen LogP contribution in [0.25, 0.3) is 0 Å². The van der Waals surface area contributed by atoms with Crippen molar-refractivity contribution < 1.29 is 0 Å². The number of benzene rings is 1. The van der Waals surface area contributed by atoms with Crippen LogP contribution in [0, 0.1) is 6.92 Å². The number of halogens is 2. The molecule has 0 radical (unpaired) electrons. The first-order chi connectivity index (χ1) is 8.61. The lowest BCUT2D eigenvalue weighted by molar-refractivity contribution is 0.887. The lowest BCUT2D eigenvalue weighted by Gasteiger charge is -2.08. The topological polar surface area (TPSA) is 25.8 Å². The molecule has 0 saturated heterocycles. The Labute approximate surface area is 121 Å². The maximum atomic E-state index is 6.14. The third-order valence-corrected chi connectivity index (χ3v) is 4.02. The van der Waals surface area contributed by atoms with Gasteiger partial charge in [0.2, 0.25) is 0 Å². The van der Waals surface area contributed by atoms with Crippen LogP contribution in [0.2, 0.25) is 5.15 Å². The van der Waals surface area contributed by atoms with Gasteiger partial charge in [-0.1, -0.05) is 52.7 Å². The van der Waals surface area contributed by atoms with E-state index in [-0.39, 0.29) is 0 Å². The number of aromatic nitrogens is 2. The van der Waals surface area contributed by atoms with Gasteiger partial charge in [-0.25, -0.2) is 9.97 Å². The lowest BCUT2D eigenvalue weighted by atomic mass is 10.1. The summed E-state index contributed by atoms with van der Waals surface area (Å²) in [7, 11) is 0. The van der Waals surface area contributed by atoms with E-state index in [0.717, 1.165) is 28.0 Å². The molecule has 0 amide bonds. The highest BCUT2D eigenvalue weighted by atomic mass is 79.9. The molecule has 0 bridgehead atoms. The van der Waals surface area contributed by atoms with Crippen molar-refractivity contribution >= 4 is 27.5 Å². The van der Waals surface area contributed by atoms with Crippen LogP contribution in [0.1, 0.15) is 29.6 Å². The average molecular weight is 326 g/mol. The van der Waals surface area contributed by atoms with Crippen LogP contribution in [-0.2, 0) is 12.8 Å². The third-order valence-electron chi connectivity index (χ3n) is 2.87. The summed E-state index contributed by atoms with van der Waals surface area (Å²) < 4.78 is 1.07. The summed E-state index contributed by atoms with van der Waals surface area (Å²) in [6.07, 6.45) is 1.56. The van der Waals surface area contributed by atoms with Gasteiger partial charge in [0, 0.05) is 22.2 Å². The van der Waals surface area contributed by atoms with Crippen molar-refractivity contribution in [2.75, 3.05) is 0 Å². The molecule has 4 heteroatoms. The summed E-state index contributed by atoms with van der Waals surface area (Å²) in [6, 6.07) is 8.09. The Morgan fingerprint density at radius 3 is 2.61 bits per heavy atom. The van der Waals surface area contributed by atoms with E-state index in [0.29, 0.717) is 11.6 Å². The Bertz CT molecular complexity index is 570. The number of hydrogen-bond acceptors (Lipinski definition) is 2. The van der Waals surface area contributed by atoms with E-state index >= 15 is 0 Å². The van der Waals surface area contributed by atoms with Crippen LogP contribution in [0.4, 0.5) is 0 Å². The highest BCUT2D eigenvalue weighted by Gasteiger charge is 2.09. The van der Waals surface area contributed by atoms with E-state index in [4.69, 9.17) is 11.6 Å². The molecule has 0 fully saturated rings. The predicted octanol–water partition coefficient (Wildman–Crippen LogP) is 4.35. The first-order valence-corrected chi connectivity index (χ1v) is 7.04. The van der Waals surface area contributed by atoms with Gasteiger partial charge in [0.15, 0.2) is 0 Å². The van der Waals surface area contributed by atoms with Crippen molar-refractivity contribution in [3.05, 3.63) is 56.5 Å². The van der Waals surface area contributed by atoms with Crippen LogP contribution in [0.5, 0.6) is 0 Å². The van der Waals surface area contributed by atoms with Gasteiger partial charge in [-0.15, -0.1) is 0 Å². The Kier molecular flexibility index (Phi) is 4.36. The molecule has 0 unspecified atom stereocenters. The van der Waals surface area contributed by atoms with Crippen LogP contribution in [0.15, 0.2) is 28.7 Å². The van der Waals surface area contributed by atoms with Gasteiger partial charge in [-0.2, -0.15) is 0 Å². The molecule has 2 aromatic rings. The molecule has 94 valence electrons. The van der Waals surface area contributed by atoms with E-state index in [1.807, 2.05) is 25.1 Å². The minimum atomic E-state index is 0.559. The van der Waals surface area contributed by atoms with Crippen LogP contribution >= 0.6 is 27.5 Å². The molecular weight excluding hydrogens is 312 g/mol. The van der Waals surface area contributed by atoms with E-state index < -0.39 is 0 Å². The molecule has 2 rings (SSSR count). The normalized spacial score (nSPS) is 10.7. The van der Waals surface area contributed by atoms with E-state index in [1.54, 1.807) is 0 Å². The maximum absolute atomic E-state index is 6.14. The summed E-state index contributed by atoms with van der Waals surface area (Å²) in [5, 5.41) is 0.559. The van der Waals surface area contributed by atoms with Gasteiger partial charge in [0.1, 0.15) is 11.0 Å². The second-order valence-corrected chi connectivity index (χ2v) is 5.34. The van der Waals surface area contributed by atoms with Gasteiger partial charge in [-0.05, 0) is 25.0 Å². The minimum absolute atomic E-state index is 0.559. The van der Waals surface area contributed by atoms with Crippen LogP contribution in [-0.4, -0.2) is 9.97 Å². The second-order valence-electron chi connectivity index (χ2n) is 4.12. The van der Waals surface area contributed by atoms with Crippen LogP contribution in [0.3, 0.4) is 0 Å². The van der Waals surface area contributed by atoms with E-state index in [2.05, 4.69) is 38.9 Å². The highest BCUT2D eigenvalue weighted by Crippen LogP contribution is 2.21. The first kappa shape index (κ1) is 13.5. The van der Waals surface area contributed by atoms with Crippen molar-refractivity contribution in [2.45, 2.75) is 26.7 Å². The molecule has 0 N–H and O–H groups in total. The number of nitrogens with zero attached hydrogens (tertiary/aromatic N) is 2. The zero-order valence-electron chi connectivity index (χ0n) is 10.4. The predicted molar refractivity (Wildman–Crippen MR) is 78.1 cm³/mol. The maximum Gasteiger partial charge on any atom is 0.135 e. The molecule has 0 saturated carbocycles. The van der Waals surface area contributed by atoms with E-state index in [9.17, 15) is 0 Å². The highest BCUT2D eigenvalue weighted by molar-refractivity contribution is 9.10. The van der Waals surface area contributed by atoms with Gasteiger partial charge in [0.05, 0.1) is 0 Å². The molecular formula is C14H14BrClN2. The largest absolute Gasteiger partial charge is 0.237 e. The molecule has 2 nitrogen and oxygen atoms in total. The van der Waals surface area contributed by atoms with Gasteiger partial charge < -0.3 is 0 Å². The molecule has 0 aliphatic carbocycles. The molecule has 0 aliphatic rings. The number of aryl methyl sites for hydroxylation is 1.